The quantitative estimate of drug-likeness (QED) is 0.856. The molecule has 0 spiro atoms. The SMILES string of the molecule is CCNC(=O)c1sc(N2CCCS(=O)(=O)CC2)cc1N. The highest BCUT2D eigenvalue weighted by Gasteiger charge is 2.22. The average molecular weight is 317 g/mol. The Bertz CT molecular complexity index is 595. The monoisotopic (exact) mass is 317 g/mol. The van der Waals surface area contributed by atoms with Crippen LogP contribution in [0.25, 0.3) is 0 Å². The Morgan fingerprint density at radius 1 is 1.45 bits per heavy atom. The highest BCUT2D eigenvalue weighted by molar-refractivity contribution is 7.91. The second kappa shape index (κ2) is 6.01. The molecule has 1 aromatic rings. The fourth-order valence-electron chi connectivity index (χ4n) is 2.12. The van der Waals surface area contributed by atoms with Gasteiger partial charge in [0.1, 0.15) is 4.88 Å². The number of thiophene rings is 1. The van der Waals surface area contributed by atoms with Crippen molar-refractivity contribution in [2.75, 3.05) is 41.8 Å². The maximum Gasteiger partial charge on any atom is 0.263 e. The third kappa shape index (κ3) is 3.43. The molecule has 2 heterocycles. The molecule has 0 saturated carbocycles. The summed E-state index contributed by atoms with van der Waals surface area (Å²) in [4.78, 5) is 14.3. The number of hydrogen-bond donors (Lipinski definition) is 2. The van der Waals surface area contributed by atoms with E-state index in [1.165, 1.54) is 11.3 Å². The van der Waals surface area contributed by atoms with Crippen LogP contribution in [-0.4, -0.2) is 45.5 Å². The first kappa shape index (κ1) is 15.1. The lowest BCUT2D eigenvalue weighted by Crippen LogP contribution is -2.25. The minimum absolute atomic E-state index is 0.154. The van der Waals surface area contributed by atoms with Gasteiger partial charge in [0.05, 0.1) is 22.2 Å². The standard InChI is InChI=1S/C12H19N3O3S2/c1-2-14-12(16)11-9(13)8-10(19-11)15-4-3-6-20(17,18)7-5-15/h8H,2-7,13H2,1H3,(H,14,16). The van der Waals surface area contributed by atoms with E-state index in [0.717, 1.165) is 5.00 Å². The van der Waals surface area contributed by atoms with E-state index in [4.69, 9.17) is 5.73 Å². The summed E-state index contributed by atoms with van der Waals surface area (Å²) in [5, 5.41) is 3.58. The molecular formula is C12H19N3O3S2. The van der Waals surface area contributed by atoms with E-state index in [9.17, 15) is 13.2 Å². The van der Waals surface area contributed by atoms with Gasteiger partial charge in [0.15, 0.2) is 9.84 Å². The Labute approximate surface area is 122 Å². The number of anilines is 2. The number of nitrogens with two attached hydrogens (primary N) is 1. The number of carbonyl (C=O) groups excluding carboxylic acids is 1. The van der Waals surface area contributed by atoms with Crippen LogP contribution in [0.2, 0.25) is 0 Å². The zero-order valence-corrected chi connectivity index (χ0v) is 13.0. The smallest absolute Gasteiger partial charge is 0.263 e. The van der Waals surface area contributed by atoms with Gasteiger partial charge in [0.2, 0.25) is 0 Å². The van der Waals surface area contributed by atoms with Crippen molar-refractivity contribution in [2.24, 2.45) is 0 Å². The second-order valence-electron chi connectivity index (χ2n) is 4.72. The molecule has 1 aliphatic heterocycles. The second-order valence-corrected chi connectivity index (χ2v) is 8.06. The number of nitrogen functional groups attached to an aromatic ring is 1. The summed E-state index contributed by atoms with van der Waals surface area (Å²) in [5.41, 5.74) is 6.32. The first-order valence-corrected chi connectivity index (χ1v) is 9.19. The van der Waals surface area contributed by atoms with Gasteiger partial charge in [-0.3, -0.25) is 4.79 Å². The van der Waals surface area contributed by atoms with E-state index in [0.29, 0.717) is 36.6 Å². The van der Waals surface area contributed by atoms with Crippen LogP contribution in [0.1, 0.15) is 23.0 Å². The summed E-state index contributed by atoms with van der Waals surface area (Å²) in [7, 11) is -2.94. The number of nitrogens with zero attached hydrogens (tertiary/aromatic N) is 1. The summed E-state index contributed by atoms with van der Waals surface area (Å²) in [6.45, 7) is 3.53. The van der Waals surface area contributed by atoms with E-state index < -0.39 is 9.84 Å². The van der Waals surface area contributed by atoms with Gasteiger partial charge in [-0.1, -0.05) is 0 Å². The van der Waals surface area contributed by atoms with Crippen molar-refractivity contribution in [1.82, 2.24) is 5.32 Å². The first-order chi connectivity index (χ1) is 9.43. The molecule has 112 valence electrons. The van der Waals surface area contributed by atoms with Crippen LogP contribution in [0.5, 0.6) is 0 Å². The van der Waals surface area contributed by atoms with Gasteiger partial charge in [0, 0.05) is 19.6 Å². The van der Waals surface area contributed by atoms with Crippen LogP contribution < -0.4 is 16.0 Å². The van der Waals surface area contributed by atoms with Crippen molar-refractivity contribution in [3.8, 4) is 0 Å². The highest BCUT2D eigenvalue weighted by Crippen LogP contribution is 2.32. The van der Waals surface area contributed by atoms with Gasteiger partial charge in [-0.05, 0) is 19.4 Å². The van der Waals surface area contributed by atoms with E-state index >= 15 is 0 Å². The zero-order chi connectivity index (χ0) is 14.8. The van der Waals surface area contributed by atoms with Crippen LogP contribution in [0.3, 0.4) is 0 Å². The molecule has 0 bridgehead atoms. The number of sulfone groups is 1. The molecule has 20 heavy (non-hydrogen) atoms. The van der Waals surface area contributed by atoms with Crippen LogP contribution in [-0.2, 0) is 9.84 Å². The Balaban J connectivity index is 2.17. The molecule has 1 aromatic heterocycles. The first-order valence-electron chi connectivity index (χ1n) is 6.56. The molecule has 1 fully saturated rings. The largest absolute Gasteiger partial charge is 0.397 e. The number of nitrogens with one attached hydrogen (secondary N) is 1. The molecule has 1 saturated heterocycles. The van der Waals surface area contributed by atoms with Crippen molar-refractivity contribution in [3.05, 3.63) is 10.9 Å². The van der Waals surface area contributed by atoms with E-state index in [-0.39, 0.29) is 17.4 Å². The fraction of sp³-hybridized carbons (Fsp3) is 0.583. The predicted molar refractivity (Wildman–Crippen MR) is 82.2 cm³/mol. The summed E-state index contributed by atoms with van der Waals surface area (Å²) in [5.74, 6) is 0.207. The lowest BCUT2D eigenvalue weighted by atomic mass is 10.3. The highest BCUT2D eigenvalue weighted by atomic mass is 32.2. The van der Waals surface area contributed by atoms with E-state index in [2.05, 4.69) is 5.32 Å². The molecule has 3 N–H and O–H groups in total. The van der Waals surface area contributed by atoms with E-state index in [1.54, 1.807) is 6.07 Å². The summed E-state index contributed by atoms with van der Waals surface area (Å²) < 4.78 is 23.2. The summed E-state index contributed by atoms with van der Waals surface area (Å²) >= 11 is 1.32. The molecule has 0 unspecified atom stereocenters. The van der Waals surface area contributed by atoms with Gasteiger partial charge in [-0.15, -0.1) is 11.3 Å². The Morgan fingerprint density at radius 2 is 2.20 bits per heavy atom. The third-order valence-electron chi connectivity index (χ3n) is 3.16. The van der Waals surface area contributed by atoms with Crippen LogP contribution in [0, 0.1) is 0 Å². The van der Waals surface area contributed by atoms with E-state index in [1.807, 2.05) is 11.8 Å². The van der Waals surface area contributed by atoms with Crippen LogP contribution in [0.15, 0.2) is 6.07 Å². The molecular weight excluding hydrogens is 298 g/mol. The topological polar surface area (TPSA) is 92.5 Å². The van der Waals surface area contributed by atoms with Crippen molar-refractivity contribution >= 4 is 37.8 Å². The van der Waals surface area contributed by atoms with Gasteiger partial charge in [-0.2, -0.15) is 0 Å². The fourth-order valence-corrected chi connectivity index (χ4v) is 4.44. The normalized spacial score (nSPS) is 18.6. The van der Waals surface area contributed by atoms with Crippen LogP contribution >= 0.6 is 11.3 Å². The Hall–Kier alpha value is -1.28. The maximum absolute atomic E-state index is 11.8. The molecule has 0 aromatic carbocycles. The molecule has 0 atom stereocenters. The van der Waals surface area contributed by atoms with Gasteiger partial charge < -0.3 is 16.0 Å². The van der Waals surface area contributed by atoms with Gasteiger partial charge in [-0.25, -0.2) is 8.42 Å². The number of carbonyl (C=O) groups is 1. The number of amides is 1. The number of rotatable bonds is 3. The third-order valence-corrected chi connectivity index (χ3v) is 6.08. The Morgan fingerprint density at radius 3 is 2.90 bits per heavy atom. The minimum Gasteiger partial charge on any atom is -0.397 e. The van der Waals surface area contributed by atoms with Crippen molar-refractivity contribution < 1.29 is 13.2 Å². The zero-order valence-electron chi connectivity index (χ0n) is 11.4. The molecule has 0 aliphatic carbocycles. The lowest BCUT2D eigenvalue weighted by molar-refractivity contribution is 0.0960. The molecule has 0 radical (unpaired) electrons. The summed E-state index contributed by atoms with van der Waals surface area (Å²) in [6, 6.07) is 1.76. The van der Waals surface area contributed by atoms with Crippen LogP contribution in [0.4, 0.5) is 10.7 Å². The predicted octanol–water partition coefficient (Wildman–Crippen LogP) is 0.705. The molecule has 1 amide bonds. The molecule has 8 heteroatoms. The summed E-state index contributed by atoms with van der Waals surface area (Å²) in [6.07, 6.45) is 0.608. The van der Waals surface area contributed by atoms with Crippen molar-refractivity contribution in [1.29, 1.82) is 0 Å². The molecule has 2 rings (SSSR count). The minimum atomic E-state index is -2.94. The van der Waals surface area contributed by atoms with Gasteiger partial charge >= 0.3 is 0 Å². The Kier molecular flexibility index (Phi) is 4.54. The van der Waals surface area contributed by atoms with Gasteiger partial charge in [0.25, 0.3) is 5.91 Å². The lowest BCUT2D eigenvalue weighted by Gasteiger charge is -2.19. The average Bonchev–Trinajstić information content (AvgIpc) is 2.66. The number of hydrogen-bond acceptors (Lipinski definition) is 6. The maximum atomic E-state index is 11.8. The van der Waals surface area contributed by atoms with Crippen molar-refractivity contribution in [2.45, 2.75) is 13.3 Å². The molecule has 6 nitrogen and oxygen atoms in total. The molecule has 1 aliphatic rings. The van der Waals surface area contributed by atoms with Crippen molar-refractivity contribution in [3.63, 3.8) is 0 Å².